The zero-order valence-corrected chi connectivity index (χ0v) is 16.2. The number of hydrogen-bond donors (Lipinski definition) is 0. The molecule has 0 spiro atoms. The fraction of sp³-hybridized carbons (Fsp3) is 0.250. The van der Waals surface area contributed by atoms with Gasteiger partial charge in [-0.25, -0.2) is 0 Å². The predicted octanol–water partition coefficient (Wildman–Crippen LogP) is 5.37. The molecule has 0 atom stereocenters. The van der Waals surface area contributed by atoms with Crippen LogP contribution in [0.5, 0.6) is 0 Å². The number of anilines is 1. The lowest BCUT2D eigenvalue weighted by Gasteiger charge is -2.35. The molecule has 1 aliphatic heterocycles. The lowest BCUT2D eigenvalue weighted by molar-refractivity contribution is -0.137. The van der Waals surface area contributed by atoms with Crippen molar-refractivity contribution in [3.8, 4) is 0 Å². The number of nitrogens with zero attached hydrogens (tertiary/aromatic N) is 2. The van der Waals surface area contributed by atoms with Gasteiger partial charge in [0, 0.05) is 37.9 Å². The van der Waals surface area contributed by atoms with Crippen LogP contribution in [0.3, 0.4) is 0 Å². The highest BCUT2D eigenvalue weighted by atomic mass is 35.5. The van der Waals surface area contributed by atoms with Gasteiger partial charge in [0.05, 0.1) is 15.6 Å². The maximum atomic E-state index is 12.9. The van der Waals surface area contributed by atoms with Crippen LogP contribution in [-0.2, 0) is 11.0 Å². The van der Waals surface area contributed by atoms with E-state index in [1.165, 1.54) is 12.1 Å². The summed E-state index contributed by atoms with van der Waals surface area (Å²) in [4.78, 5) is 15.9. The number of benzene rings is 2. The number of alkyl halides is 3. The van der Waals surface area contributed by atoms with Gasteiger partial charge in [0.25, 0.3) is 0 Å². The molecule has 148 valence electrons. The van der Waals surface area contributed by atoms with Gasteiger partial charge in [0.1, 0.15) is 0 Å². The molecule has 0 bridgehead atoms. The summed E-state index contributed by atoms with van der Waals surface area (Å²) in [7, 11) is 0. The lowest BCUT2D eigenvalue weighted by Crippen LogP contribution is -2.48. The average molecular weight is 429 g/mol. The first-order valence-corrected chi connectivity index (χ1v) is 9.34. The molecule has 2 aromatic carbocycles. The highest BCUT2D eigenvalue weighted by Crippen LogP contribution is 2.32. The Balaban J connectivity index is 1.60. The molecule has 1 amide bonds. The number of carbonyl (C=O) groups is 1. The summed E-state index contributed by atoms with van der Waals surface area (Å²) in [6.07, 6.45) is -1.26. The zero-order chi connectivity index (χ0) is 20.3. The van der Waals surface area contributed by atoms with E-state index in [-0.39, 0.29) is 5.91 Å². The van der Waals surface area contributed by atoms with Crippen molar-refractivity contribution in [2.45, 2.75) is 6.18 Å². The van der Waals surface area contributed by atoms with E-state index in [1.807, 2.05) is 4.90 Å². The molecule has 0 aliphatic carbocycles. The standard InChI is InChI=1S/C20H17Cl2F3N2O/c21-17-6-4-14(12-18(17)22)5-7-19(28)27-10-8-26(9-11-27)16-3-1-2-15(13-16)20(23,24)25/h1-7,12-13H,8-11H2/b7-5-. The van der Waals surface area contributed by atoms with Gasteiger partial charge < -0.3 is 9.80 Å². The molecule has 8 heteroatoms. The van der Waals surface area contributed by atoms with E-state index in [4.69, 9.17) is 23.2 Å². The number of piperazine rings is 1. The van der Waals surface area contributed by atoms with Crippen LogP contribution in [0.2, 0.25) is 10.0 Å². The second kappa shape index (κ2) is 8.45. The molecule has 0 aromatic heterocycles. The number of amides is 1. The zero-order valence-electron chi connectivity index (χ0n) is 14.7. The smallest absolute Gasteiger partial charge is 0.368 e. The highest BCUT2D eigenvalue weighted by Gasteiger charge is 2.31. The number of rotatable bonds is 3. The minimum atomic E-state index is -4.37. The summed E-state index contributed by atoms with van der Waals surface area (Å²) in [5.74, 6) is -0.158. The van der Waals surface area contributed by atoms with Crippen LogP contribution < -0.4 is 4.90 Å². The van der Waals surface area contributed by atoms with Gasteiger partial charge in [-0.2, -0.15) is 13.2 Å². The normalized spacial score (nSPS) is 15.3. The molecule has 1 saturated heterocycles. The molecular weight excluding hydrogens is 412 g/mol. The van der Waals surface area contributed by atoms with Gasteiger partial charge in [0.15, 0.2) is 0 Å². The first-order chi connectivity index (χ1) is 13.2. The molecular formula is C20H17Cl2F3N2O. The summed E-state index contributed by atoms with van der Waals surface area (Å²) in [6.45, 7) is 1.79. The van der Waals surface area contributed by atoms with Crippen molar-refractivity contribution in [1.29, 1.82) is 0 Å². The van der Waals surface area contributed by atoms with Crippen molar-refractivity contribution in [3.05, 3.63) is 69.7 Å². The Morgan fingerprint density at radius 1 is 0.964 bits per heavy atom. The second-order valence-corrected chi connectivity index (χ2v) is 7.18. The number of halogens is 5. The molecule has 2 aromatic rings. The molecule has 0 N–H and O–H groups in total. The molecule has 0 radical (unpaired) electrons. The maximum Gasteiger partial charge on any atom is 0.416 e. The summed E-state index contributed by atoms with van der Waals surface area (Å²) in [5.41, 5.74) is 0.590. The van der Waals surface area contributed by atoms with Gasteiger partial charge in [-0.15, -0.1) is 0 Å². The Bertz CT molecular complexity index is 891. The van der Waals surface area contributed by atoms with Crippen molar-refractivity contribution in [2.24, 2.45) is 0 Å². The van der Waals surface area contributed by atoms with E-state index in [0.29, 0.717) is 41.9 Å². The van der Waals surface area contributed by atoms with Crippen LogP contribution in [0.4, 0.5) is 18.9 Å². The van der Waals surface area contributed by atoms with E-state index < -0.39 is 11.7 Å². The second-order valence-electron chi connectivity index (χ2n) is 6.37. The van der Waals surface area contributed by atoms with Crippen molar-refractivity contribution in [1.82, 2.24) is 4.90 Å². The largest absolute Gasteiger partial charge is 0.416 e. The Morgan fingerprint density at radius 2 is 1.68 bits per heavy atom. The Hall–Kier alpha value is -2.18. The summed E-state index contributed by atoms with van der Waals surface area (Å²) >= 11 is 11.8. The Kier molecular flexibility index (Phi) is 6.20. The Labute approximate surface area is 170 Å². The molecule has 1 aliphatic rings. The number of carbonyl (C=O) groups excluding carboxylic acids is 1. The van der Waals surface area contributed by atoms with Crippen molar-refractivity contribution >= 4 is 40.9 Å². The van der Waals surface area contributed by atoms with Crippen LogP contribution in [0.1, 0.15) is 11.1 Å². The fourth-order valence-electron chi connectivity index (χ4n) is 2.95. The minimum Gasteiger partial charge on any atom is -0.368 e. The third-order valence-corrected chi connectivity index (χ3v) is 5.23. The first kappa shape index (κ1) is 20.6. The van der Waals surface area contributed by atoms with Crippen molar-refractivity contribution in [3.63, 3.8) is 0 Å². The van der Waals surface area contributed by atoms with E-state index in [1.54, 1.807) is 35.2 Å². The molecule has 1 fully saturated rings. The molecule has 28 heavy (non-hydrogen) atoms. The van der Waals surface area contributed by atoms with E-state index in [0.717, 1.165) is 17.7 Å². The topological polar surface area (TPSA) is 23.6 Å². The monoisotopic (exact) mass is 428 g/mol. The van der Waals surface area contributed by atoms with Gasteiger partial charge in [-0.05, 0) is 42.0 Å². The third kappa shape index (κ3) is 5.00. The molecule has 0 unspecified atom stereocenters. The van der Waals surface area contributed by atoms with E-state index in [9.17, 15) is 18.0 Å². The van der Waals surface area contributed by atoms with Crippen LogP contribution in [0, 0.1) is 0 Å². The van der Waals surface area contributed by atoms with Gasteiger partial charge >= 0.3 is 6.18 Å². The minimum absolute atomic E-state index is 0.158. The van der Waals surface area contributed by atoms with Crippen LogP contribution in [-0.4, -0.2) is 37.0 Å². The SMILES string of the molecule is O=C(/C=C\c1ccc(Cl)c(Cl)c1)N1CCN(c2cccc(C(F)(F)F)c2)CC1. The lowest BCUT2D eigenvalue weighted by atomic mass is 10.1. The predicted molar refractivity (Wildman–Crippen MR) is 106 cm³/mol. The van der Waals surface area contributed by atoms with Crippen molar-refractivity contribution < 1.29 is 18.0 Å². The molecule has 0 saturated carbocycles. The van der Waals surface area contributed by atoms with Crippen LogP contribution in [0.25, 0.3) is 6.08 Å². The number of hydrogen-bond acceptors (Lipinski definition) is 2. The van der Waals surface area contributed by atoms with E-state index >= 15 is 0 Å². The van der Waals surface area contributed by atoms with Crippen molar-refractivity contribution in [2.75, 3.05) is 31.1 Å². The molecule has 3 rings (SSSR count). The third-order valence-electron chi connectivity index (χ3n) is 4.49. The van der Waals surface area contributed by atoms with Gasteiger partial charge in [-0.1, -0.05) is 35.3 Å². The highest BCUT2D eigenvalue weighted by molar-refractivity contribution is 6.42. The molecule has 1 heterocycles. The molecule has 3 nitrogen and oxygen atoms in total. The average Bonchev–Trinajstić information content (AvgIpc) is 2.68. The fourth-order valence-corrected chi connectivity index (χ4v) is 3.26. The summed E-state index contributed by atoms with van der Waals surface area (Å²) in [6, 6.07) is 10.3. The van der Waals surface area contributed by atoms with Crippen LogP contribution in [0.15, 0.2) is 48.5 Å². The summed E-state index contributed by atoms with van der Waals surface area (Å²) < 4.78 is 38.6. The van der Waals surface area contributed by atoms with Crippen LogP contribution >= 0.6 is 23.2 Å². The maximum absolute atomic E-state index is 12.9. The summed E-state index contributed by atoms with van der Waals surface area (Å²) in [5, 5.41) is 0.849. The quantitative estimate of drug-likeness (QED) is 0.613. The van der Waals surface area contributed by atoms with E-state index in [2.05, 4.69) is 0 Å². The van der Waals surface area contributed by atoms with Gasteiger partial charge in [0.2, 0.25) is 5.91 Å². The van der Waals surface area contributed by atoms with Gasteiger partial charge in [-0.3, -0.25) is 4.79 Å². The Morgan fingerprint density at radius 3 is 2.32 bits per heavy atom. The first-order valence-electron chi connectivity index (χ1n) is 8.58.